The summed E-state index contributed by atoms with van der Waals surface area (Å²) in [5.41, 5.74) is 7.23. The van der Waals surface area contributed by atoms with Crippen molar-refractivity contribution in [3.63, 3.8) is 0 Å². The molecule has 0 radical (unpaired) electrons. The minimum Gasteiger partial charge on any atom is -0.344 e. The van der Waals surface area contributed by atoms with Crippen molar-refractivity contribution in [2.24, 2.45) is 11.7 Å². The molecule has 0 aliphatic carbocycles. The van der Waals surface area contributed by atoms with Crippen LogP contribution in [0.15, 0.2) is 6.20 Å². The van der Waals surface area contributed by atoms with Gasteiger partial charge in [0.05, 0.1) is 6.04 Å². The fraction of sp³-hybridized carbons (Fsp3) is 0.727. The monoisotopic (exact) mass is 195 g/mol. The van der Waals surface area contributed by atoms with E-state index in [2.05, 4.69) is 37.7 Å². The second-order valence-corrected chi connectivity index (χ2v) is 4.29. The fourth-order valence-electron chi connectivity index (χ4n) is 1.34. The van der Waals surface area contributed by atoms with Gasteiger partial charge in [-0.05, 0) is 11.8 Å². The summed E-state index contributed by atoms with van der Waals surface area (Å²) in [6, 6.07) is 0.0347. The van der Waals surface area contributed by atoms with Crippen LogP contribution < -0.4 is 5.73 Å². The first-order valence-electron chi connectivity index (χ1n) is 5.36. The van der Waals surface area contributed by atoms with E-state index in [-0.39, 0.29) is 6.04 Å². The Kier molecular flexibility index (Phi) is 3.69. The van der Waals surface area contributed by atoms with Crippen LogP contribution in [0.25, 0.3) is 0 Å². The highest BCUT2D eigenvalue weighted by Crippen LogP contribution is 2.21. The lowest BCUT2D eigenvalue weighted by Crippen LogP contribution is -2.19. The molecule has 1 rings (SSSR count). The molecule has 0 saturated carbocycles. The molecule has 0 aliphatic rings. The topological polar surface area (TPSA) is 54.7 Å². The summed E-state index contributed by atoms with van der Waals surface area (Å²) < 4.78 is 0. The molecule has 3 nitrogen and oxygen atoms in total. The number of hydrogen-bond acceptors (Lipinski definition) is 2. The number of hydrogen-bond donors (Lipinski definition) is 2. The maximum atomic E-state index is 6.07. The van der Waals surface area contributed by atoms with Crippen molar-refractivity contribution in [2.75, 3.05) is 0 Å². The Morgan fingerprint density at radius 3 is 2.50 bits per heavy atom. The lowest BCUT2D eigenvalue weighted by Gasteiger charge is -2.15. The predicted octanol–water partition coefficient (Wildman–Crippen LogP) is 2.58. The third-order valence-corrected chi connectivity index (χ3v) is 2.81. The van der Waals surface area contributed by atoms with Gasteiger partial charge in [-0.15, -0.1) is 0 Å². The Balaban J connectivity index is 2.76. The molecule has 1 aromatic rings. The third kappa shape index (κ3) is 2.35. The van der Waals surface area contributed by atoms with E-state index in [1.54, 1.807) is 0 Å². The van der Waals surface area contributed by atoms with Crippen LogP contribution in [-0.2, 0) is 0 Å². The summed E-state index contributed by atoms with van der Waals surface area (Å²) in [6.07, 6.45) is 2.97. The van der Waals surface area contributed by atoms with Gasteiger partial charge in [-0.3, -0.25) is 0 Å². The smallest absolute Gasteiger partial charge is 0.123 e. The summed E-state index contributed by atoms with van der Waals surface area (Å²) in [7, 11) is 0. The van der Waals surface area contributed by atoms with Crippen LogP contribution in [0.2, 0.25) is 0 Å². The molecular formula is C11H21N3. The van der Waals surface area contributed by atoms with Gasteiger partial charge in [0.1, 0.15) is 5.82 Å². The normalized spacial score (nSPS) is 15.9. The molecule has 1 aromatic heterocycles. The lowest BCUT2D eigenvalue weighted by atomic mass is 10.00. The first-order valence-corrected chi connectivity index (χ1v) is 5.36. The Labute approximate surface area is 86.1 Å². The molecule has 80 valence electrons. The van der Waals surface area contributed by atoms with E-state index in [0.717, 1.165) is 12.2 Å². The van der Waals surface area contributed by atoms with Crippen LogP contribution in [0.3, 0.4) is 0 Å². The molecule has 0 fully saturated rings. The van der Waals surface area contributed by atoms with Gasteiger partial charge in [-0.2, -0.15) is 0 Å². The molecule has 3 heteroatoms. The van der Waals surface area contributed by atoms with Crippen LogP contribution in [0.5, 0.6) is 0 Å². The zero-order valence-corrected chi connectivity index (χ0v) is 9.54. The molecule has 0 bridgehead atoms. The van der Waals surface area contributed by atoms with Crippen LogP contribution >= 0.6 is 0 Å². The molecule has 14 heavy (non-hydrogen) atoms. The highest BCUT2D eigenvalue weighted by Gasteiger charge is 2.16. The molecule has 0 aromatic carbocycles. The summed E-state index contributed by atoms with van der Waals surface area (Å²) in [6.45, 7) is 8.59. The summed E-state index contributed by atoms with van der Waals surface area (Å²) in [5, 5.41) is 0. The van der Waals surface area contributed by atoms with Gasteiger partial charge in [0.25, 0.3) is 0 Å². The molecule has 0 aliphatic heterocycles. The number of nitrogens with two attached hydrogens (primary N) is 1. The molecule has 0 spiro atoms. The van der Waals surface area contributed by atoms with Gasteiger partial charge in [0, 0.05) is 11.9 Å². The highest BCUT2D eigenvalue weighted by molar-refractivity contribution is 5.08. The van der Waals surface area contributed by atoms with Gasteiger partial charge >= 0.3 is 0 Å². The quantitative estimate of drug-likeness (QED) is 0.775. The summed E-state index contributed by atoms with van der Waals surface area (Å²) in [4.78, 5) is 7.62. The van der Waals surface area contributed by atoms with Crippen molar-refractivity contribution in [3.8, 4) is 0 Å². The zero-order chi connectivity index (χ0) is 10.7. The average Bonchev–Trinajstić information content (AvgIpc) is 2.64. The van der Waals surface area contributed by atoms with Crippen LogP contribution in [0.1, 0.15) is 57.6 Å². The highest BCUT2D eigenvalue weighted by atomic mass is 15.0. The number of H-pyrrole nitrogens is 1. The van der Waals surface area contributed by atoms with Gasteiger partial charge in [-0.1, -0.05) is 34.1 Å². The maximum Gasteiger partial charge on any atom is 0.123 e. The van der Waals surface area contributed by atoms with Gasteiger partial charge < -0.3 is 10.7 Å². The van der Waals surface area contributed by atoms with E-state index in [1.165, 1.54) is 5.69 Å². The molecule has 3 N–H and O–H groups in total. The van der Waals surface area contributed by atoms with Crippen molar-refractivity contribution in [1.82, 2.24) is 9.97 Å². The Morgan fingerprint density at radius 1 is 1.43 bits per heavy atom. The standard InChI is InChI=1S/C11H21N3/c1-5-8(4)10(12)11-13-6-9(14-11)7(2)3/h6-8,10H,5,12H2,1-4H3,(H,13,14). The number of nitrogens with one attached hydrogen (secondary N) is 1. The fourth-order valence-corrected chi connectivity index (χ4v) is 1.34. The number of nitrogens with zero attached hydrogens (tertiary/aromatic N) is 1. The van der Waals surface area contributed by atoms with Crippen molar-refractivity contribution >= 4 is 0 Å². The minimum absolute atomic E-state index is 0.0347. The average molecular weight is 195 g/mol. The second kappa shape index (κ2) is 4.60. The van der Waals surface area contributed by atoms with Crippen LogP contribution in [-0.4, -0.2) is 9.97 Å². The third-order valence-electron chi connectivity index (χ3n) is 2.81. The predicted molar refractivity (Wildman–Crippen MR) is 59.1 cm³/mol. The molecule has 0 amide bonds. The minimum atomic E-state index is 0.0347. The van der Waals surface area contributed by atoms with Gasteiger partial charge in [-0.25, -0.2) is 4.98 Å². The molecule has 1 heterocycles. The maximum absolute atomic E-state index is 6.07. The summed E-state index contributed by atoms with van der Waals surface area (Å²) in [5.74, 6) is 1.88. The van der Waals surface area contributed by atoms with E-state index in [0.29, 0.717) is 11.8 Å². The largest absolute Gasteiger partial charge is 0.344 e. The van der Waals surface area contributed by atoms with Crippen molar-refractivity contribution in [3.05, 3.63) is 17.7 Å². The molecule has 2 unspecified atom stereocenters. The van der Waals surface area contributed by atoms with E-state index in [9.17, 15) is 0 Å². The number of rotatable bonds is 4. The van der Waals surface area contributed by atoms with Crippen molar-refractivity contribution < 1.29 is 0 Å². The zero-order valence-electron chi connectivity index (χ0n) is 9.54. The van der Waals surface area contributed by atoms with E-state index in [1.807, 2.05) is 6.20 Å². The second-order valence-electron chi connectivity index (χ2n) is 4.29. The molecule has 0 saturated heterocycles. The lowest BCUT2D eigenvalue weighted by molar-refractivity contribution is 0.441. The van der Waals surface area contributed by atoms with E-state index < -0.39 is 0 Å². The van der Waals surface area contributed by atoms with E-state index >= 15 is 0 Å². The van der Waals surface area contributed by atoms with Crippen molar-refractivity contribution in [2.45, 2.75) is 46.1 Å². The number of aromatic nitrogens is 2. The SMILES string of the molecule is CCC(C)C(N)c1ncc(C(C)C)[nH]1. The number of aromatic amines is 1. The van der Waals surface area contributed by atoms with Gasteiger partial charge in [0.2, 0.25) is 0 Å². The van der Waals surface area contributed by atoms with E-state index in [4.69, 9.17) is 5.73 Å². The number of imidazole rings is 1. The van der Waals surface area contributed by atoms with Crippen LogP contribution in [0, 0.1) is 5.92 Å². The molecular weight excluding hydrogens is 174 g/mol. The molecule has 2 atom stereocenters. The first kappa shape index (κ1) is 11.2. The Bertz CT molecular complexity index is 278. The Morgan fingerprint density at radius 2 is 2.07 bits per heavy atom. The van der Waals surface area contributed by atoms with Gasteiger partial charge in [0.15, 0.2) is 0 Å². The Hall–Kier alpha value is -0.830. The summed E-state index contributed by atoms with van der Waals surface area (Å²) >= 11 is 0. The van der Waals surface area contributed by atoms with Crippen molar-refractivity contribution in [1.29, 1.82) is 0 Å². The van der Waals surface area contributed by atoms with Crippen LogP contribution in [0.4, 0.5) is 0 Å². The first-order chi connectivity index (χ1) is 6.56.